The molecule has 0 bridgehead atoms. The molecule has 1 aliphatic rings. The van der Waals surface area contributed by atoms with Gasteiger partial charge in [0.05, 0.1) is 11.7 Å². The van der Waals surface area contributed by atoms with Gasteiger partial charge < -0.3 is 11.1 Å². The van der Waals surface area contributed by atoms with Crippen LogP contribution in [-0.2, 0) is 5.54 Å². The van der Waals surface area contributed by atoms with E-state index in [0.717, 1.165) is 19.5 Å². The van der Waals surface area contributed by atoms with Gasteiger partial charge in [0, 0.05) is 17.8 Å². The van der Waals surface area contributed by atoms with Crippen LogP contribution in [0.3, 0.4) is 0 Å². The SMILES string of the molecule is CC(C)(C)n1cc(C2CC(CN)CCN2)cn1. The minimum Gasteiger partial charge on any atom is -0.330 e. The van der Waals surface area contributed by atoms with E-state index in [1.165, 1.54) is 12.0 Å². The van der Waals surface area contributed by atoms with E-state index in [-0.39, 0.29) is 5.54 Å². The zero-order chi connectivity index (χ0) is 12.5. The van der Waals surface area contributed by atoms with Crippen molar-refractivity contribution >= 4 is 0 Å². The van der Waals surface area contributed by atoms with E-state index in [4.69, 9.17) is 5.73 Å². The van der Waals surface area contributed by atoms with Crippen LogP contribution >= 0.6 is 0 Å². The average molecular weight is 236 g/mol. The van der Waals surface area contributed by atoms with Crippen LogP contribution in [0.15, 0.2) is 12.4 Å². The third kappa shape index (κ3) is 2.87. The summed E-state index contributed by atoms with van der Waals surface area (Å²) >= 11 is 0. The normalized spacial score (nSPS) is 26.1. The van der Waals surface area contributed by atoms with Crippen molar-refractivity contribution in [1.29, 1.82) is 0 Å². The Bertz CT molecular complexity index is 364. The van der Waals surface area contributed by atoms with Crippen molar-refractivity contribution < 1.29 is 0 Å². The van der Waals surface area contributed by atoms with Gasteiger partial charge in [-0.05, 0) is 52.6 Å². The minimum atomic E-state index is 0.0557. The van der Waals surface area contributed by atoms with Gasteiger partial charge >= 0.3 is 0 Å². The molecule has 0 saturated carbocycles. The van der Waals surface area contributed by atoms with Crippen LogP contribution in [0.5, 0.6) is 0 Å². The van der Waals surface area contributed by atoms with Crippen LogP contribution < -0.4 is 11.1 Å². The quantitative estimate of drug-likeness (QED) is 0.820. The Kier molecular flexibility index (Phi) is 3.54. The summed E-state index contributed by atoms with van der Waals surface area (Å²) in [6.07, 6.45) is 6.48. The molecule has 3 N–H and O–H groups in total. The van der Waals surface area contributed by atoms with E-state index in [2.05, 4.69) is 37.4 Å². The highest BCUT2D eigenvalue weighted by molar-refractivity contribution is 5.12. The summed E-state index contributed by atoms with van der Waals surface area (Å²) in [5, 5.41) is 8.01. The first-order chi connectivity index (χ1) is 8.00. The molecular weight excluding hydrogens is 212 g/mol. The standard InChI is InChI=1S/C13H24N4/c1-13(2,3)17-9-11(8-16-17)12-6-10(7-14)4-5-15-12/h8-10,12,15H,4-7,14H2,1-3H3. The first-order valence-corrected chi connectivity index (χ1v) is 6.49. The molecule has 2 unspecified atom stereocenters. The van der Waals surface area contributed by atoms with E-state index >= 15 is 0 Å². The lowest BCUT2D eigenvalue weighted by Crippen LogP contribution is -2.34. The van der Waals surface area contributed by atoms with Gasteiger partial charge in [-0.25, -0.2) is 0 Å². The fourth-order valence-electron chi connectivity index (χ4n) is 2.35. The molecule has 17 heavy (non-hydrogen) atoms. The Labute approximate surface area is 104 Å². The molecule has 0 radical (unpaired) electrons. The Morgan fingerprint density at radius 1 is 1.53 bits per heavy atom. The fourth-order valence-corrected chi connectivity index (χ4v) is 2.35. The van der Waals surface area contributed by atoms with Gasteiger partial charge in [0.2, 0.25) is 0 Å². The second kappa shape index (κ2) is 4.78. The minimum absolute atomic E-state index is 0.0557. The smallest absolute Gasteiger partial charge is 0.0543 e. The van der Waals surface area contributed by atoms with Crippen LogP contribution in [0.4, 0.5) is 0 Å². The number of aromatic nitrogens is 2. The lowest BCUT2D eigenvalue weighted by molar-refractivity contribution is 0.310. The highest BCUT2D eigenvalue weighted by Gasteiger charge is 2.24. The predicted octanol–water partition coefficient (Wildman–Crippen LogP) is 1.64. The monoisotopic (exact) mass is 236 g/mol. The molecule has 1 fully saturated rings. The van der Waals surface area contributed by atoms with Crippen molar-refractivity contribution in [1.82, 2.24) is 15.1 Å². The number of hydrogen-bond donors (Lipinski definition) is 2. The summed E-state index contributed by atoms with van der Waals surface area (Å²) in [5.74, 6) is 0.652. The number of hydrogen-bond acceptors (Lipinski definition) is 3. The second-order valence-corrected chi connectivity index (χ2v) is 6.02. The molecule has 0 aromatic carbocycles. The van der Waals surface area contributed by atoms with Crippen molar-refractivity contribution in [2.45, 2.75) is 45.2 Å². The summed E-state index contributed by atoms with van der Waals surface area (Å²) in [6.45, 7) is 8.36. The van der Waals surface area contributed by atoms with E-state index in [1.54, 1.807) is 0 Å². The summed E-state index contributed by atoms with van der Waals surface area (Å²) in [5.41, 5.74) is 7.12. The van der Waals surface area contributed by atoms with E-state index < -0.39 is 0 Å². The Morgan fingerprint density at radius 2 is 2.29 bits per heavy atom. The van der Waals surface area contributed by atoms with E-state index in [9.17, 15) is 0 Å². The summed E-state index contributed by atoms with van der Waals surface area (Å²) in [6, 6.07) is 0.424. The molecule has 0 spiro atoms. The van der Waals surface area contributed by atoms with E-state index in [1.807, 2.05) is 10.9 Å². The van der Waals surface area contributed by atoms with Crippen LogP contribution in [0.25, 0.3) is 0 Å². The molecule has 96 valence electrons. The van der Waals surface area contributed by atoms with Gasteiger partial charge in [0.15, 0.2) is 0 Å². The maximum absolute atomic E-state index is 5.77. The van der Waals surface area contributed by atoms with Crippen molar-refractivity contribution in [3.63, 3.8) is 0 Å². The topological polar surface area (TPSA) is 55.9 Å². The summed E-state index contributed by atoms with van der Waals surface area (Å²) < 4.78 is 2.04. The first-order valence-electron chi connectivity index (χ1n) is 6.49. The Hall–Kier alpha value is -0.870. The fraction of sp³-hybridized carbons (Fsp3) is 0.769. The van der Waals surface area contributed by atoms with Gasteiger partial charge in [-0.1, -0.05) is 0 Å². The molecule has 0 amide bonds. The molecule has 4 nitrogen and oxygen atoms in total. The molecule has 0 aliphatic carbocycles. The highest BCUT2D eigenvalue weighted by atomic mass is 15.3. The maximum atomic E-state index is 5.77. The largest absolute Gasteiger partial charge is 0.330 e. The molecule has 1 saturated heterocycles. The third-order valence-corrected chi connectivity index (χ3v) is 3.54. The lowest BCUT2D eigenvalue weighted by atomic mass is 9.90. The lowest BCUT2D eigenvalue weighted by Gasteiger charge is -2.29. The van der Waals surface area contributed by atoms with Crippen molar-refractivity contribution in [3.05, 3.63) is 18.0 Å². The van der Waals surface area contributed by atoms with Crippen LogP contribution in [0, 0.1) is 5.92 Å². The Morgan fingerprint density at radius 3 is 2.88 bits per heavy atom. The van der Waals surface area contributed by atoms with Gasteiger partial charge in [-0.3, -0.25) is 4.68 Å². The zero-order valence-electron chi connectivity index (χ0n) is 11.1. The van der Waals surface area contributed by atoms with Crippen molar-refractivity contribution in [2.75, 3.05) is 13.1 Å². The zero-order valence-corrected chi connectivity index (χ0v) is 11.1. The van der Waals surface area contributed by atoms with Crippen molar-refractivity contribution in [2.24, 2.45) is 11.7 Å². The number of nitrogens with zero attached hydrogens (tertiary/aromatic N) is 2. The average Bonchev–Trinajstić information content (AvgIpc) is 2.78. The highest BCUT2D eigenvalue weighted by Crippen LogP contribution is 2.27. The third-order valence-electron chi connectivity index (χ3n) is 3.54. The number of nitrogens with two attached hydrogens (primary N) is 1. The predicted molar refractivity (Wildman–Crippen MR) is 69.7 cm³/mol. The summed E-state index contributed by atoms with van der Waals surface area (Å²) in [4.78, 5) is 0. The molecule has 1 aromatic rings. The summed E-state index contributed by atoms with van der Waals surface area (Å²) in [7, 11) is 0. The molecule has 1 aromatic heterocycles. The Balaban J connectivity index is 2.09. The van der Waals surface area contributed by atoms with Crippen molar-refractivity contribution in [3.8, 4) is 0 Å². The number of nitrogens with one attached hydrogen (secondary N) is 1. The van der Waals surface area contributed by atoms with Crippen LogP contribution in [0.1, 0.15) is 45.2 Å². The molecule has 1 aliphatic heterocycles. The first kappa shape index (κ1) is 12.6. The molecule has 4 heteroatoms. The molecule has 2 rings (SSSR count). The second-order valence-electron chi connectivity index (χ2n) is 6.02. The molecule has 2 atom stereocenters. The van der Waals surface area contributed by atoms with Gasteiger partial charge in [0.1, 0.15) is 0 Å². The maximum Gasteiger partial charge on any atom is 0.0543 e. The van der Waals surface area contributed by atoms with Crippen LogP contribution in [0.2, 0.25) is 0 Å². The van der Waals surface area contributed by atoms with Gasteiger partial charge in [0.25, 0.3) is 0 Å². The van der Waals surface area contributed by atoms with Gasteiger partial charge in [-0.15, -0.1) is 0 Å². The van der Waals surface area contributed by atoms with E-state index in [0.29, 0.717) is 12.0 Å². The number of piperidine rings is 1. The molecule has 2 heterocycles. The van der Waals surface area contributed by atoms with Gasteiger partial charge in [-0.2, -0.15) is 5.10 Å². The van der Waals surface area contributed by atoms with Crippen LogP contribution in [-0.4, -0.2) is 22.9 Å². The molecular formula is C13H24N4. The number of rotatable bonds is 2.